The summed E-state index contributed by atoms with van der Waals surface area (Å²) in [7, 11) is 0. The van der Waals surface area contributed by atoms with Crippen molar-refractivity contribution in [2.24, 2.45) is 0 Å². The first-order valence-electron chi connectivity index (χ1n) is 10.2. The Morgan fingerprint density at radius 1 is 1.03 bits per heavy atom. The van der Waals surface area contributed by atoms with Gasteiger partial charge in [-0.3, -0.25) is 14.5 Å². The molecule has 1 amide bonds. The van der Waals surface area contributed by atoms with Crippen LogP contribution in [-0.2, 0) is 16.0 Å². The third-order valence-corrected chi connectivity index (χ3v) is 5.32. The van der Waals surface area contributed by atoms with E-state index in [2.05, 4.69) is 0 Å². The minimum atomic E-state index is -0.867. The molecule has 1 unspecified atom stereocenters. The molecule has 158 valence electrons. The highest BCUT2D eigenvalue weighted by Crippen LogP contribution is 2.42. The van der Waals surface area contributed by atoms with Crippen LogP contribution < -0.4 is 9.64 Å². The fourth-order valence-corrected chi connectivity index (χ4v) is 3.74. The van der Waals surface area contributed by atoms with E-state index in [1.807, 2.05) is 26.0 Å². The Bertz CT molecular complexity index is 1110. The number of nitrogens with zero attached hydrogens (tertiary/aromatic N) is 1. The fraction of sp³-hybridized carbons (Fsp3) is 0.200. The number of anilines is 1. The number of rotatable bonds is 6. The van der Waals surface area contributed by atoms with E-state index < -0.39 is 17.7 Å². The third-order valence-electron chi connectivity index (χ3n) is 5.32. The van der Waals surface area contributed by atoms with E-state index in [0.717, 1.165) is 12.0 Å². The molecular weight excluding hydrogens is 394 g/mol. The maximum Gasteiger partial charge on any atom is 0.300 e. The zero-order valence-electron chi connectivity index (χ0n) is 17.4. The van der Waals surface area contributed by atoms with Crippen molar-refractivity contribution in [3.05, 3.63) is 89.4 Å². The SMILES string of the molecule is CCOc1ccc(/C(O)=C2/C(=O)C(=O)N(c3ccc(CC)cc3)C2c2ccco2)cc1. The van der Waals surface area contributed by atoms with Crippen LogP contribution in [0.4, 0.5) is 5.69 Å². The van der Waals surface area contributed by atoms with E-state index in [9.17, 15) is 14.7 Å². The normalized spacial score (nSPS) is 17.9. The number of carbonyl (C=O) groups excluding carboxylic acids is 2. The number of aryl methyl sites for hydroxylation is 1. The summed E-state index contributed by atoms with van der Waals surface area (Å²) in [5, 5.41) is 11.0. The van der Waals surface area contributed by atoms with E-state index in [1.54, 1.807) is 48.5 Å². The summed E-state index contributed by atoms with van der Waals surface area (Å²) in [5.74, 6) is -0.676. The standard InChI is InChI=1S/C25H23NO5/c1-3-16-7-11-18(12-8-16)26-22(20-6-5-15-31-20)21(24(28)25(26)29)23(27)17-9-13-19(14-10-17)30-4-2/h5-15,22,27H,3-4H2,1-2H3/b23-21-. The first-order valence-corrected chi connectivity index (χ1v) is 10.2. The molecule has 0 radical (unpaired) electrons. The Morgan fingerprint density at radius 2 is 1.74 bits per heavy atom. The van der Waals surface area contributed by atoms with Crippen LogP contribution in [0.2, 0.25) is 0 Å². The molecule has 0 bridgehead atoms. The van der Waals surface area contributed by atoms with Gasteiger partial charge in [0.2, 0.25) is 0 Å². The van der Waals surface area contributed by atoms with Gasteiger partial charge in [0.15, 0.2) is 0 Å². The minimum Gasteiger partial charge on any atom is -0.507 e. The highest BCUT2D eigenvalue weighted by atomic mass is 16.5. The molecule has 2 heterocycles. The molecule has 1 aliphatic heterocycles. The van der Waals surface area contributed by atoms with Gasteiger partial charge in [-0.15, -0.1) is 0 Å². The molecule has 4 rings (SSSR count). The summed E-state index contributed by atoms with van der Waals surface area (Å²) in [5.41, 5.74) is 2.08. The van der Waals surface area contributed by atoms with Crippen molar-refractivity contribution in [1.29, 1.82) is 0 Å². The molecule has 1 aliphatic rings. The van der Waals surface area contributed by atoms with Gasteiger partial charge in [-0.25, -0.2) is 0 Å². The van der Waals surface area contributed by atoms with Crippen LogP contribution in [0, 0.1) is 0 Å². The Balaban J connectivity index is 1.83. The molecule has 0 aliphatic carbocycles. The molecule has 1 saturated heterocycles. The highest BCUT2D eigenvalue weighted by Gasteiger charge is 2.48. The second-order valence-corrected chi connectivity index (χ2v) is 7.16. The van der Waals surface area contributed by atoms with Crippen molar-refractivity contribution >= 4 is 23.1 Å². The molecule has 31 heavy (non-hydrogen) atoms. The number of aliphatic hydroxyl groups is 1. The van der Waals surface area contributed by atoms with Crippen LogP contribution in [0.3, 0.4) is 0 Å². The van der Waals surface area contributed by atoms with Gasteiger partial charge in [-0.05, 0) is 67.4 Å². The van der Waals surface area contributed by atoms with Gasteiger partial charge < -0.3 is 14.3 Å². The highest BCUT2D eigenvalue weighted by molar-refractivity contribution is 6.51. The van der Waals surface area contributed by atoms with Crippen LogP contribution in [-0.4, -0.2) is 23.4 Å². The number of carbonyl (C=O) groups is 2. The van der Waals surface area contributed by atoms with E-state index in [1.165, 1.54) is 11.2 Å². The van der Waals surface area contributed by atoms with E-state index in [-0.39, 0.29) is 11.3 Å². The summed E-state index contributed by atoms with van der Waals surface area (Å²) in [6, 6.07) is 16.7. The zero-order chi connectivity index (χ0) is 22.0. The van der Waals surface area contributed by atoms with Gasteiger partial charge in [0.05, 0.1) is 18.4 Å². The molecule has 6 nitrogen and oxygen atoms in total. The van der Waals surface area contributed by atoms with Crippen molar-refractivity contribution in [3.8, 4) is 5.75 Å². The molecule has 1 N–H and O–H groups in total. The monoisotopic (exact) mass is 417 g/mol. The number of amides is 1. The Kier molecular flexibility index (Phi) is 5.62. The molecular formula is C25H23NO5. The summed E-state index contributed by atoms with van der Waals surface area (Å²) in [6.07, 6.45) is 2.34. The van der Waals surface area contributed by atoms with Crippen LogP contribution in [0.25, 0.3) is 5.76 Å². The molecule has 6 heteroatoms. The predicted octanol–water partition coefficient (Wildman–Crippen LogP) is 4.87. The molecule has 2 aromatic carbocycles. The lowest BCUT2D eigenvalue weighted by Gasteiger charge is -2.23. The quantitative estimate of drug-likeness (QED) is 0.352. The number of furan rings is 1. The Labute approximate surface area is 180 Å². The number of ether oxygens (including phenoxy) is 1. The third kappa shape index (κ3) is 3.72. The van der Waals surface area contributed by atoms with E-state index >= 15 is 0 Å². The largest absolute Gasteiger partial charge is 0.507 e. The predicted molar refractivity (Wildman–Crippen MR) is 117 cm³/mol. The Morgan fingerprint density at radius 3 is 2.32 bits per heavy atom. The fourth-order valence-electron chi connectivity index (χ4n) is 3.74. The molecule has 0 saturated carbocycles. The summed E-state index contributed by atoms with van der Waals surface area (Å²) >= 11 is 0. The van der Waals surface area contributed by atoms with Crippen molar-refractivity contribution in [1.82, 2.24) is 0 Å². The van der Waals surface area contributed by atoms with Gasteiger partial charge >= 0.3 is 0 Å². The van der Waals surface area contributed by atoms with Crippen LogP contribution in [0.15, 0.2) is 76.9 Å². The zero-order valence-corrected chi connectivity index (χ0v) is 17.4. The van der Waals surface area contributed by atoms with Gasteiger partial charge in [-0.1, -0.05) is 19.1 Å². The number of hydrogen-bond acceptors (Lipinski definition) is 5. The minimum absolute atomic E-state index is 0.0105. The van der Waals surface area contributed by atoms with Gasteiger partial charge in [0, 0.05) is 11.3 Å². The molecule has 1 fully saturated rings. The lowest BCUT2D eigenvalue weighted by molar-refractivity contribution is -0.132. The lowest BCUT2D eigenvalue weighted by Crippen LogP contribution is -2.29. The number of aliphatic hydroxyl groups excluding tert-OH is 1. The summed E-state index contributed by atoms with van der Waals surface area (Å²) < 4.78 is 11.0. The summed E-state index contributed by atoms with van der Waals surface area (Å²) in [6.45, 7) is 4.44. The van der Waals surface area contributed by atoms with Gasteiger partial charge in [-0.2, -0.15) is 0 Å². The first kappa shape index (κ1) is 20.5. The molecule has 3 aromatic rings. The number of benzene rings is 2. The maximum absolute atomic E-state index is 13.0. The average molecular weight is 417 g/mol. The van der Waals surface area contributed by atoms with Crippen molar-refractivity contribution in [2.75, 3.05) is 11.5 Å². The van der Waals surface area contributed by atoms with Crippen LogP contribution >= 0.6 is 0 Å². The van der Waals surface area contributed by atoms with Gasteiger partial charge in [0.25, 0.3) is 11.7 Å². The van der Waals surface area contributed by atoms with Crippen LogP contribution in [0.5, 0.6) is 5.75 Å². The number of hydrogen-bond donors (Lipinski definition) is 1. The second-order valence-electron chi connectivity index (χ2n) is 7.16. The second kappa shape index (κ2) is 8.52. The van der Waals surface area contributed by atoms with Gasteiger partial charge in [0.1, 0.15) is 23.3 Å². The smallest absolute Gasteiger partial charge is 0.300 e. The Hall–Kier alpha value is -3.80. The number of Topliss-reactive ketones (excluding diaryl/α,β-unsaturated/α-hetero) is 1. The number of ketones is 1. The topological polar surface area (TPSA) is 80.0 Å². The molecule has 1 atom stereocenters. The van der Waals surface area contributed by atoms with Crippen molar-refractivity contribution < 1.29 is 23.8 Å². The molecule has 1 aromatic heterocycles. The lowest BCUT2D eigenvalue weighted by atomic mass is 9.99. The maximum atomic E-state index is 13.0. The van der Waals surface area contributed by atoms with Crippen LogP contribution in [0.1, 0.15) is 36.8 Å². The van der Waals surface area contributed by atoms with E-state index in [0.29, 0.717) is 29.4 Å². The van der Waals surface area contributed by atoms with E-state index in [4.69, 9.17) is 9.15 Å². The average Bonchev–Trinajstić information content (AvgIpc) is 3.41. The summed E-state index contributed by atoms with van der Waals surface area (Å²) in [4.78, 5) is 27.4. The van der Waals surface area contributed by atoms with Crippen molar-refractivity contribution in [3.63, 3.8) is 0 Å². The van der Waals surface area contributed by atoms with Crippen molar-refractivity contribution in [2.45, 2.75) is 26.3 Å². The first-order chi connectivity index (χ1) is 15.0. The molecule has 0 spiro atoms.